The van der Waals surface area contributed by atoms with Crippen LogP contribution in [0.3, 0.4) is 0 Å². The molecule has 0 atom stereocenters. The van der Waals surface area contributed by atoms with Crippen LogP contribution >= 0.6 is 0 Å². The first-order valence-corrected chi connectivity index (χ1v) is 12.2. The molecular formula is C27H40N2. The molecule has 2 heteroatoms. The minimum absolute atomic E-state index is 0.848. The summed E-state index contributed by atoms with van der Waals surface area (Å²) < 4.78 is 0. The third kappa shape index (κ3) is 7.24. The monoisotopic (exact) mass is 392 g/mol. The van der Waals surface area contributed by atoms with E-state index in [-0.39, 0.29) is 0 Å². The van der Waals surface area contributed by atoms with E-state index in [0.717, 1.165) is 29.6 Å². The van der Waals surface area contributed by atoms with Crippen LogP contribution in [0.25, 0.3) is 11.4 Å². The predicted octanol–water partition coefficient (Wildman–Crippen LogP) is 7.81. The van der Waals surface area contributed by atoms with Crippen LogP contribution in [0.4, 0.5) is 0 Å². The van der Waals surface area contributed by atoms with Gasteiger partial charge in [-0.1, -0.05) is 95.9 Å². The quantitative estimate of drug-likeness (QED) is 0.364. The molecule has 1 aromatic heterocycles. The molecule has 1 aliphatic carbocycles. The molecule has 1 aliphatic rings. The van der Waals surface area contributed by atoms with Gasteiger partial charge in [0, 0.05) is 18.0 Å². The molecular weight excluding hydrogens is 352 g/mol. The van der Waals surface area contributed by atoms with E-state index in [1.54, 1.807) is 0 Å². The van der Waals surface area contributed by atoms with E-state index in [9.17, 15) is 0 Å². The summed E-state index contributed by atoms with van der Waals surface area (Å²) in [6, 6.07) is 8.95. The van der Waals surface area contributed by atoms with E-state index in [4.69, 9.17) is 0 Å². The van der Waals surface area contributed by atoms with E-state index >= 15 is 0 Å². The Bertz CT molecular complexity index is 681. The molecule has 158 valence electrons. The van der Waals surface area contributed by atoms with Gasteiger partial charge in [-0.3, -0.25) is 0 Å². The van der Waals surface area contributed by atoms with Gasteiger partial charge in [-0.15, -0.1) is 0 Å². The smallest absolute Gasteiger partial charge is 0.159 e. The number of rotatable bonds is 11. The van der Waals surface area contributed by atoms with E-state index < -0.39 is 0 Å². The van der Waals surface area contributed by atoms with Gasteiger partial charge in [0.05, 0.1) is 0 Å². The molecule has 3 rings (SSSR count). The summed E-state index contributed by atoms with van der Waals surface area (Å²) in [6.07, 6.45) is 21.5. The van der Waals surface area contributed by atoms with Crippen molar-refractivity contribution in [3.63, 3.8) is 0 Å². The zero-order valence-electron chi connectivity index (χ0n) is 18.7. The molecule has 29 heavy (non-hydrogen) atoms. The van der Waals surface area contributed by atoms with Crippen molar-refractivity contribution < 1.29 is 0 Å². The predicted molar refractivity (Wildman–Crippen MR) is 124 cm³/mol. The molecule has 0 aliphatic heterocycles. The highest BCUT2D eigenvalue weighted by molar-refractivity contribution is 5.55. The van der Waals surface area contributed by atoms with Crippen LogP contribution in [-0.4, -0.2) is 9.97 Å². The summed E-state index contributed by atoms with van der Waals surface area (Å²) in [5.74, 6) is 2.81. The molecule has 1 heterocycles. The second kappa shape index (κ2) is 12.1. The fourth-order valence-corrected chi connectivity index (χ4v) is 4.70. The molecule has 0 unspecified atom stereocenters. The Labute approximate surface area is 178 Å². The van der Waals surface area contributed by atoms with E-state index in [1.807, 2.05) is 12.4 Å². The van der Waals surface area contributed by atoms with Gasteiger partial charge in [0.25, 0.3) is 0 Å². The number of benzene rings is 1. The molecule has 1 aromatic carbocycles. The highest BCUT2D eigenvalue weighted by Gasteiger charge is 2.20. The fraction of sp³-hybridized carbons (Fsp3) is 0.630. The van der Waals surface area contributed by atoms with Crippen LogP contribution in [0.2, 0.25) is 0 Å². The van der Waals surface area contributed by atoms with Crippen LogP contribution in [-0.2, 0) is 12.8 Å². The van der Waals surface area contributed by atoms with Gasteiger partial charge in [-0.2, -0.15) is 0 Å². The van der Waals surface area contributed by atoms with Crippen LogP contribution in [0, 0.1) is 11.8 Å². The lowest BCUT2D eigenvalue weighted by Gasteiger charge is -2.28. The first kappa shape index (κ1) is 22.0. The zero-order valence-corrected chi connectivity index (χ0v) is 18.7. The molecule has 0 bridgehead atoms. The van der Waals surface area contributed by atoms with E-state index in [0.29, 0.717) is 0 Å². The van der Waals surface area contributed by atoms with Crippen LogP contribution in [0.15, 0.2) is 36.7 Å². The maximum absolute atomic E-state index is 4.59. The van der Waals surface area contributed by atoms with Crippen molar-refractivity contribution in [2.24, 2.45) is 11.8 Å². The number of nitrogens with zero attached hydrogens (tertiary/aromatic N) is 2. The number of hydrogen-bond donors (Lipinski definition) is 0. The average molecular weight is 393 g/mol. The van der Waals surface area contributed by atoms with Gasteiger partial charge in [-0.05, 0) is 48.6 Å². The van der Waals surface area contributed by atoms with E-state index in [1.165, 1.54) is 88.2 Å². The van der Waals surface area contributed by atoms with Crippen LogP contribution < -0.4 is 0 Å². The molecule has 0 radical (unpaired) electrons. The number of hydrogen-bond acceptors (Lipinski definition) is 2. The number of unbranched alkanes of at least 4 members (excludes halogenated alkanes) is 3. The average Bonchev–Trinajstić information content (AvgIpc) is 2.78. The molecule has 2 aromatic rings. The highest BCUT2D eigenvalue weighted by atomic mass is 14.9. The minimum Gasteiger partial charge on any atom is -0.236 e. The van der Waals surface area contributed by atoms with Gasteiger partial charge in [0.2, 0.25) is 0 Å². The number of aryl methyl sites for hydroxylation is 2. The maximum atomic E-state index is 4.59. The van der Waals surface area contributed by atoms with Gasteiger partial charge in [-0.25, -0.2) is 9.97 Å². The van der Waals surface area contributed by atoms with Gasteiger partial charge in [0.15, 0.2) is 5.82 Å². The third-order valence-corrected chi connectivity index (χ3v) is 6.76. The molecule has 0 amide bonds. The highest BCUT2D eigenvalue weighted by Crippen LogP contribution is 2.34. The lowest BCUT2D eigenvalue weighted by atomic mass is 9.78. The fourth-order valence-electron chi connectivity index (χ4n) is 4.70. The first-order chi connectivity index (χ1) is 14.3. The Morgan fingerprint density at radius 3 is 1.93 bits per heavy atom. The molecule has 0 N–H and O–H groups in total. The Hall–Kier alpha value is -1.70. The zero-order chi connectivity index (χ0) is 20.3. The van der Waals surface area contributed by atoms with Gasteiger partial charge < -0.3 is 0 Å². The Kier molecular flexibility index (Phi) is 9.18. The topological polar surface area (TPSA) is 25.8 Å². The summed E-state index contributed by atoms with van der Waals surface area (Å²) in [5.41, 5.74) is 3.84. The summed E-state index contributed by atoms with van der Waals surface area (Å²) >= 11 is 0. The second-order valence-corrected chi connectivity index (χ2v) is 9.14. The van der Waals surface area contributed by atoms with Gasteiger partial charge >= 0.3 is 0 Å². The van der Waals surface area contributed by atoms with Crippen molar-refractivity contribution in [2.45, 2.75) is 97.3 Å². The normalized spacial score (nSPS) is 19.4. The summed E-state index contributed by atoms with van der Waals surface area (Å²) in [6.45, 7) is 4.55. The summed E-state index contributed by atoms with van der Waals surface area (Å²) in [4.78, 5) is 9.19. The van der Waals surface area contributed by atoms with Crippen molar-refractivity contribution in [2.75, 3.05) is 0 Å². The lowest BCUT2D eigenvalue weighted by Crippen LogP contribution is -2.15. The number of aromatic nitrogens is 2. The second-order valence-electron chi connectivity index (χ2n) is 9.14. The summed E-state index contributed by atoms with van der Waals surface area (Å²) in [5, 5.41) is 0. The Balaban J connectivity index is 1.43. The SMILES string of the molecule is CCCCCc1cnc(-c2ccc(CCC3CCC(CCCC)CC3)cc2)nc1. The molecule has 1 fully saturated rings. The van der Waals surface area contributed by atoms with Crippen molar-refractivity contribution >= 4 is 0 Å². The van der Waals surface area contributed by atoms with Crippen LogP contribution in [0.1, 0.15) is 95.6 Å². The van der Waals surface area contributed by atoms with Crippen molar-refractivity contribution in [1.82, 2.24) is 9.97 Å². The van der Waals surface area contributed by atoms with E-state index in [2.05, 4.69) is 48.1 Å². The molecule has 0 saturated heterocycles. The Morgan fingerprint density at radius 1 is 0.690 bits per heavy atom. The van der Waals surface area contributed by atoms with Crippen molar-refractivity contribution in [3.8, 4) is 11.4 Å². The lowest BCUT2D eigenvalue weighted by molar-refractivity contribution is 0.250. The van der Waals surface area contributed by atoms with Crippen molar-refractivity contribution in [1.29, 1.82) is 0 Å². The summed E-state index contributed by atoms with van der Waals surface area (Å²) in [7, 11) is 0. The standard InChI is InChI=1S/C27H40N2/c1-3-5-7-9-25-20-28-27(29-21-25)26-18-16-24(17-19-26)15-14-23-12-10-22(11-13-23)8-6-4-2/h16-23H,3-15H2,1-2H3. The van der Waals surface area contributed by atoms with Gasteiger partial charge in [0.1, 0.15) is 0 Å². The largest absolute Gasteiger partial charge is 0.236 e. The maximum Gasteiger partial charge on any atom is 0.159 e. The minimum atomic E-state index is 0.848. The first-order valence-electron chi connectivity index (χ1n) is 12.2. The van der Waals surface area contributed by atoms with Crippen LogP contribution in [0.5, 0.6) is 0 Å². The van der Waals surface area contributed by atoms with Crippen molar-refractivity contribution in [3.05, 3.63) is 47.8 Å². The molecule has 2 nitrogen and oxygen atoms in total. The Morgan fingerprint density at radius 2 is 1.31 bits per heavy atom. The third-order valence-electron chi connectivity index (χ3n) is 6.76. The molecule has 0 spiro atoms. The molecule has 1 saturated carbocycles.